The van der Waals surface area contributed by atoms with Gasteiger partial charge in [0.15, 0.2) is 0 Å². The minimum atomic E-state index is -5.44. The number of H-pyrrole nitrogens is 4. The molecule has 77 heavy (non-hydrogen) atoms. The van der Waals surface area contributed by atoms with Crippen LogP contribution in [0.3, 0.4) is 0 Å². The lowest BCUT2D eigenvalue weighted by Gasteiger charge is -2.25. The Hall–Kier alpha value is -5.19. The number of rotatable bonds is 20. The molecule has 0 bridgehead atoms. The normalized spacial score (nSPS) is 29.8. The third kappa shape index (κ3) is 13.5. The van der Waals surface area contributed by atoms with Gasteiger partial charge >= 0.3 is 46.2 Å². The van der Waals surface area contributed by atoms with Crippen LogP contribution in [0.1, 0.15) is 72.8 Å². The average molecular weight is 1150 g/mol. The molecule has 37 heteroatoms. The Morgan fingerprint density at radius 1 is 0.468 bits per heavy atom. The Bertz CT molecular complexity index is 3510. The van der Waals surface area contributed by atoms with Crippen LogP contribution >= 0.6 is 23.5 Å². The molecule has 424 valence electrons. The first-order chi connectivity index (χ1) is 36.1. The van der Waals surface area contributed by atoms with Crippen LogP contribution in [0.2, 0.25) is 0 Å². The van der Waals surface area contributed by atoms with E-state index in [-0.39, 0.29) is 35.1 Å². The zero-order chi connectivity index (χ0) is 56.1. The first kappa shape index (κ1) is 58.0. The number of aryl methyl sites for hydroxylation is 4. The van der Waals surface area contributed by atoms with Gasteiger partial charge in [0.25, 0.3) is 22.2 Å². The summed E-state index contributed by atoms with van der Waals surface area (Å²) in [6.07, 6.45) is -14.0. The molecule has 0 saturated carbocycles. The second-order valence-corrected chi connectivity index (χ2v) is 22.6. The molecule has 4 fully saturated rings. The lowest BCUT2D eigenvalue weighted by molar-refractivity contribution is -0.0640. The van der Waals surface area contributed by atoms with Crippen LogP contribution in [0.4, 0.5) is 0 Å². The fourth-order valence-corrected chi connectivity index (χ4v) is 11.6. The average Bonchev–Trinajstić information content (AvgIpc) is 4.16. The van der Waals surface area contributed by atoms with Crippen LogP contribution in [0.15, 0.2) is 63.1 Å². The molecular weight excluding hydrogens is 1100 g/mol. The Morgan fingerprint density at radius 3 is 1.04 bits per heavy atom. The number of nitrogens with zero attached hydrogens (tertiary/aromatic N) is 4. The molecule has 0 aliphatic carbocycles. The molecule has 8 rings (SSSR count). The summed E-state index contributed by atoms with van der Waals surface area (Å²) >= 11 is 0. The zero-order valence-corrected chi connectivity index (χ0v) is 43.5. The van der Waals surface area contributed by atoms with E-state index in [1.807, 2.05) is 0 Å². The van der Waals surface area contributed by atoms with Crippen LogP contribution in [0.5, 0.6) is 0 Å². The van der Waals surface area contributed by atoms with Crippen molar-refractivity contribution in [3.05, 3.63) is 130 Å². The van der Waals surface area contributed by atoms with Gasteiger partial charge in [-0.15, -0.1) is 0 Å². The highest BCUT2D eigenvalue weighted by molar-refractivity contribution is 7.48. The summed E-state index contributed by atoms with van der Waals surface area (Å²) in [7, 11) is -15.9. The summed E-state index contributed by atoms with van der Waals surface area (Å²) in [5.74, 6) is 0. The van der Waals surface area contributed by atoms with E-state index in [9.17, 15) is 76.9 Å². The van der Waals surface area contributed by atoms with Gasteiger partial charge in [-0.3, -0.25) is 84.5 Å². The second kappa shape index (κ2) is 22.9. The first-order valence-corrected chi connectivity index (χ1v) is 27.7. The predicted octanol–water partition coefficient (Wildman–Crippen LogP) is -2.57. The van der Waals surface area contributed by atoms with Crippen molar-refractivity contribution in [2.45, 2.75) is 127 Å². The second-order valence-electron chi connectivity index (χ2n) is 18.3. The number of aromatic nitrogens is 8. The minimum Gasteiger partial charge on any atom is -0.394 e. The van der Waals surface area contributed by atoms with Crippen molar-refractivity contribution in [1.29, 1.82) is 0 Å². The van der Waals surface area contributed by atoms with E-state index >= 15 is 0 Å². The minimum absolute atomic E-state index is 0.0298. The van der Waals surface area contributed by atoms with Crippen molar-refractivity contribution < 1.29 is 84.7 Å². The smallest absolute Gasteiger partial charge is 0.394 e. The summed E-state index contributed by atoms with van der Waals surface area (Å²) in [5.41, 5.74) is -6.21. The van der Waals surface area contributed by atoms with Gasteiger partial charge in [0.1, 0.15) is 67.6 Å². The molecule has 4 aliphatic rings. The van der Waals surface area contributed by atoms with E-state index in [1.165, 1.54) is 40.1 Å². The molecule has 9 N–H and O–H groups in total. The summed E-state index contributed by atoms with van der Waals surface area (Å²) in [6.45, 7) is 1.96. The van der Waals surface area contributed by atoms with Crippen molar-refractivity contribution in [2.24, 2.45) is 0 Å². The largest absolute Gasteiger partial charge is 0.472 e. The number of aromatic amines is 4. The quantitative estimate of drug-likeness (QED) is 0.0411. The monoisotopic (exact) mass is 1150 g/mol. The zero-order valence-electron chi connectivity index (χ0n) is 40.8. The van der Waals surface area contributed by atoms with Gasteiger partial charge in [-0.2, -0.15) is 0 Å². The van der Waals surface area contributed by atoms with Gasteiger partial charge in [0.05, 0.1) is 32.5 Å². The van der Waals surface area contributed by atoms with Gasteiger partial charge in [-0.05, 0) is 27.7 Å². The van der Waals surface area contributed by atoms with Gasteiger partial charge in [0.2, 0.25) is 0 Å². The Morgan fingerprint density at radius 2 is 0.727 bits per heavy atom. The van der Waals surface area contributed by atoms with Crippen LogP contribution in [-0.2, 0) is 59.8 Å². The van der Waals surface area contributed by atoms with E-state index in [0.717, 1.165) is 30.7 Å². The van der Waals surface area contributed by atoms with Crippen LogP contribution < -0.4 is 45.0 Å². The van der Waals surface area contributed by atoms with Crippen LogP contribution in [0, 0.1) is 27.7 Å². The number of ether oxygens (including phenoxy) is 4. The highest BCUT2D eigenvalue weighted by Crippen LogP contribution is 2.53. The topological polar surface area (TPSA) is 464 Å². The molecule has 4 unspecified atom stereocenters. The number of nitrogens with one attached hydrogen (secondary N) is 4. The third-order valence-electron chi connectivity index (χ3n) is 12.8. The van der Waals surface area contributed by atoms with Gasteiger partial charge < -0.3 is 43.8 Å². The standard InChI is InChI=1S/C40H53N8O26P3/c1-17-9-45(37(55)41-33(17)51)29-5-21(50)26(69-29)14-65-75(59,60)73-23-7-31(47-11-19(3)35(53)43-39(47)57)71-28(23)16-67-77(63,64)74-24-8-32(48-12-20(4)36(54)44-40(48)58)70-27(24)15-66-76(61,62)72-22-6-30(68-25(22)13-49)46-10-18(2)34(52)42-38(46)56/h9-12,21-32,49-50H,5-8,13-16H2,1-4H3,(H,59,60)(H,61,62)(H,63,64)(H,41,51,55)(H,42,52,56)(H,43,53,57)(H,44,54,58)/t21-,22?,23-,24-,25-,26-,27-,28-,29-,30-,31-,32-/m1/s1. The highest BCUT2D eigenvalue weighted by atomic mass is 31.2. The van der Waals surface area contributed by atoms with Crippen LogP contribution in [0.25, 0.3) is 0 Å². The lowest BCUT2D eigenvalue weighted by atomic mass is 10.2. The maximum absolute atomic E-state index is 13.8. The van der Waals surface area contributed by atoms with Crippen molar-refractivity contribution in [3.8, 4) is 0 Å². The molecule has 4 saturated heterocycles. The number of phosphoric acid groups is 3. The molecule has 4 aliphatic heterocycles. The van der Waals surface area contributed by atoms with Crippen LogP contribution in [-0.4, -0.2) is 138 Å². The van der Waals surface area contributed by atoms with Crippen molar-refractivity contribution in [2.75, 3.05) is 26.4 Å². The Balaban J connectivity index is 0.963. The molecular formula is C40H53N8O26P3. The lowest BCUT2D eigenvalue weighted by Crippen LogP contribution is -2.33. The number of hydrogen-bond acceptors (Lipinski definition) is 23. The van der Waals surface area contributed by atoms with E-state index in [2.05, 4.69) is 19.9 Å². The predicted molar refractivity (Wildman–Crippen MR) is 253 cm³/mol. The molecule has 15 atom stereocenters. The summed E-state index contributed by atoms with van der Waals surface area (Å²) in [5, 5.41) is 20.7. The molecule has 0 spiro atoms. The summed E-state index contributed by atoms with van der Waals surface area (Å²) in [6, 6.07) is 0. The van der Waals surface area contributed by atoms with Crippen molar-refractivity contribution in [1.82, 2.24) is 38.2 Å². The maximum Gasteiger partial charge on any atom is 0.472 e. The van der Waals surface area contributed by atoms with E-state index in [4.69, 9.17) is 46.1 Å². The fraction of sp³-hybridized carbons (Fsp3) is 0.600. The molecule has 0 amide bonds. The molecule has 0 aromatic carbocycles. The van der Waals surface area contributed by atoms with E-state index < -0.39 is 181 Å². The van der Waals surface area contributed by atoms with Gasteiger partial charge in [-0.1, -0.05) is 0 Å². The molecule has 8 heterocycles. The van der Waals surface area contributed by atoms with E-state index in [0.29, 0.717) is 0 Å². The van der Waals surface area contributed by atoms with Crippen molar-refractivity contribution in [3.63, 3.8) is 0 Å². The van der Waals surface area contributed by atoms with Crippen molar-refractivity contribution >= 4 is 23.5 Å². The maximum atomic E-state index is 13.8. The Kier molecular flexibility index (Phi) is 17.2. The van der Waals surface area contributed by atoms with E-state index in [1.54, 1.807) is 0 Å². The van der Waals surface area contributed by atoms with Gasteiger partial charge in [-0.25, -0.2) is 32.9 Å². The number of hydrogen-bond donors (Lipinski definition) is 9. The molecule has 4 aromatic rings. The molecule has 0 radical (unpaired) electrons. The Labute approximate surface area is 429 Å². The molecule has 34 nitrogen and oxygen atoms in total. The SMILES string of the molecule is Cc1cn([C@H]2CC(OP(=O)(O)OC[C@H]3O[C@@H](n4cc(C)c(=O)[nH]c4=O)C[C@H]3OP(=O)(O)OC[C@H]3O[C@@H](n4cc(C)c(=O)[nH]c4=O)C[C@H]3OP(=O)(O)OC[C@H]3O[C@@H](n4cc(C)c(=O)[nH]c4=O)C[C@H]3O)[C@@H](CO)O2)c(=O)[nH]c1=O. The third-order valence-corrected chi connectivity index (χ3v) is 15.8. The van der Waals surface area contributed by atoms with Gasteiger partial charge in [0, 0.05) is 72.7 Å². The number of phosphoric ester groups is 3. The first-order valence-electron chi connectivity index (χ1n) is 23.3. The number of aliphatic hydroxyl groups excluding tert-OH is 2. The highest BCUT2D eigenvalue weighted by Gasteiger charge is 2.48. The summed E-state index contributed by atoms with van der Waals surface area (Å²) < 4.78 is 99.6. The summed E-state index contributed by atoms with van der Waals surface area (Å²) in [4.78, 5) is 140. The fourth-order valence-electron chi connectivity index (χ4n) is 8.75. The number of aliphatic hydroxyl groups is 2. The molecule has 4 aromatic heterocycles.